The topological polar surface area (TPSA) is 98.4 Å². The monoisotopic (exact) mass is 429 g/mol. The molecule has 3 heterocycles. The first-order chi connectivity index (χ1) is 14.1. The fourth-order valence-electron chi connectivity index (χ4n) is 4.04. The number of carbonyl (C=O) groups is 3. The Bertz CT molecular complexity index is 779. The lowest BCUT2D eigenvalue weighted by molar-refractivity contribution is -0.140. The van der Waals surface area contributed by atoms with Gasteiger partial charge < -0.3 is 15.1 Å². The Labute approximate surface area is 172 Å². The van der Waals surface area contributed by atoms with Gasteiger partial charge in [0.1, 0.15) is 12.2 Å². The average molecular weight is 429 g/mol. The second kappa shape index (κ2) is 9.05. The third kappa shape index (κ3) is 5.51. The van der Waals surface area contributed by atoms with E-state index in [2.05, 4.69) is 10.2 Å². The minimum atomic E-state index is -4.48. The first-order valence-electron chi connectivity index (χ1n) is 10.1. The number of likely N-dealkylation sites (tertiary alicyclic amines) is 2. The van der Waals surface area contributed by atoms with Gasteiger partial charge in [-0.15, -0.1) is 0 Å². The molecule has 0 aliphatic carbocycles. The summed E-state index contributed by atoms with van der Waals surface area (Å²) in [5, 5.41) is 8.37. The number of amides is 3. The molecule has 11 heteroatoms. The molecule has 166 valence electrons. The number of H-pyrrole nitrogens is 1. The Balaban J connectivity index is 1.48. The van der Waals surface area contributed by atoms with E-state index >= 15 is 0 Å². The lowest BCUT2D eigenvalue weighted by Gasteiger charge is -2.37. The number of hydrogen-bond donors (Lipinski definition) is 2. The first-order valence-corrected chi connectivity index (χ1v) is 10.1. The van der Waals surface area contributed by atoms with E-state index in [1.165, 1.54) is 13.0 Å². The molecule has 0 spiro atoms. The van der Waals surface area contributed by atoms with Crippen LogP contribution in [0.1, 0.15) is 54.7 Å². The Morgan fingerprint density at radius 3 is 2.27 bits per heavy atom. The van der Waals surface area contributed by atoms with E-state index in [0.717, 1.165) is 0 Å². The summed E-state index contributed by atoms with van der Waals surface area (Å²) in [6.45, 7) is 2.49. The molecule has 2 saturated heterocycles. The molecule has 2 N–H and O–H groups in total. The molecule has 0 radical (unpaired) electrons. The van der Waals surface area contributed by atoms with Crippen molar-refractivity contribution in [2.24, 2.45) is 5.92 Å². The van der Waals surface area contributed by atoms with E-state index in [1.807, 2.05) is 4.90 Å². The van der Waals surface area contributed by atoms with Gasteiger partial charge in [0, 0.05) is 50.6 Å². The number of nitrogens with one attached hydrogen (secondary N) is 2. The Kier molecular flexibility index (Phi) is 6.67. The van der Waals surface area contributed by atoms with Crippen molar-refractivity contribution in [3.8, 4) is 0 Å². The van der Waals surface area contributed by atoms with Crippen LogP contribution in [-0.2, 0) is 9.59 Å². The lowest BCUT2D eigenvalue weighted by Crippen LogP contribution is -2.46. The lowest BCUT2D eigenvalue weighted by atomic mass is 9.90. The fourth-order valence-corrected chi connectivity index (χ4v) is 4.04. The van der Waals surface area contributed by atoms with Crippen LogP contribution in [0.3, 0.4) is 0 Å². The standard InChI is InChI=1S/C19H26F3N5O3/c1-12(28)26-6-4-14(5-7-26)18(30)27-8-2-13(3-9-27)15-10-16(25-24-15)17(29)23-11-19(20,21)22/h10,13-14H,2-9,11H2,1H3,(H,23,29)(H,24,25). The third-order valence-corrected chi connectivity index (χ3v) is 5.82. The van der Waals surface area contributed by atoms with E-state index in [9.17, 15) is 27.6 Å². The Hall–Kier alpha value is -2.59. The highest BCUT2D eigenvalue weighted by atomic mass is 19.4. The Morgan fingerprint density at radius 1 is 1.10 bits per heavy atom. The van der Waals surface area contributed by atoms with Crippen molar-refractivity contribution in [1.82, 2.24) is 25.3 Å². The number of piperidine rings is 2. The molecule has 3 amide bonds. The van der Waals surface area contributed by atoms with Gasteiger partial charge in [-0.1, -0.05) is 0 Å². The smallest absolute Gasteiger partial charge is 0.343 e. The number of hydrogen-bond acceptors (Lipinski definition) is 4. The number of aromatic amines is 1. The molecule has 0 bridgehead atoms. The van der Waals surface area contributed by atoms with Crippen LogP contribution in [0.25, 0.3) is 0 Å². The van der Waals surface area contributed by atoms with Crippen LogP contribution < -0.4 is 5.32 Å². The highest BCUT2D eigenvalue weighted by Crippen LogP contribution is 2.29. The van der Waals surface area contributed by atoms with Crippen molar-refractivity contribution < 1.29 is 27.6 Å². The SMILES string of the molecule is CC(=O)N1CCC(C(=O)N2CCC(c3cc(C(=O)NCC(F)(F)F)n[nH]3)CC2)CC1. The van der Waals surface area contributed by atoms with Crippen LogP contribution in [0, 0.1) is 5.92 Å². The van der Waals surface area contributed by atoms with Gasteiger partial charge in [-0.05, 0) is 31.7 Å². The van der Waals surface area contributed by atoms with Gasteiger partial charge in [-0.25, -0.2) is 0 Å². The summed E-state index contributed by atoms with van der Waals surface area (Å²) in [6.07, 6.45) is -1.75. The Morgan fingerprint density at radius 2 is 1.70 bits per heavy atom. The van der Waals surface area contributed by atoms with Crippen LogP contribution in [-0.4, -0.2) is 76.6 Å². The molecular formula is C19H26F3N5O3. The number of rotatable bonds is 4. The second-order valence-corrected chi connectivity index (χ2v) is 7.89. The summed E-state index contributed by atoms with van der Waals surface area (Å²) in [5.41, 5.74) is 0.610. The van der Waals surface area contributed by atoms with Gasteiger partial charge >= 0.3 is 6.18 Å². The van der Waals surface area contributed by atoms with Crippen LogP contribution in [0.5, 0.6) is 0 Å². The van der Waals surface area contributed by atoms with Gasteiger partial charge in [-0.3, -0.25) is 19.5 Å². The molecule has 2 aliphatic rings. The molecular weight excluding hydrogens is 403 g/mol. The zero-order valence-corrected chi connectivity index (χ0v) is 16.8. The molecule has 2 fully saturated rings. The van der Waals surface area contributed by atoms with Crippen LogP contribution in [0.15, 0.2) is 6.07 Å². The molecule has 2 aliphatic heterocycles. The molecule has 30 heavy (non-hydrogen) atoms. The third-order valence-electron chi connectivity index (χ3n) is 5.82. The van der Waals surface area contributed by atoms with Gasteiger partial charge in [0.05, 0.1) is 0 Å². The molecule has 0 atom stereocenters. The summed E-state index contributed by atoms with van der Waals surface area (Å²) in [5.74, 6) is -0.723. The molecule has 0 unspecified atom stereocenters. The molecule has 0 aromatic carbocycles. The van der Waals surface area contributed by atoms with E-state index in [0.29, 0.717) is 57.6 Å². The minimum Gasteiger partial charge on any atom is -0.343 e. The maximum atomic E-state index is 12.8. The quantitative estimate of drug-likeness (QED) is 0.761. The van der Waals surface area contributed by atoms with Gasteiger partial charge in [0.25, 0.3) is 5.91 Å². The minimum absolute atomic E-state index is 0.0349. The second-order valence-electron chi connectivity index (χ2n) is 7.89. The first kappa shape index (κ1) is 22.1. The predicted molar refractivity (Wildman–Crippen MR) is 101 cm³/mol. The fraction of sp³-hybridized carbons (Fsp3) is 0.684. The van der Waals surface area contributed by atoms with Crippen molar-refractivity contribution in [3.05, 3.63) is 17.5 Å². The highest BCUT2D eigenvalue weighted by Gasteiger charge is 2.32. The average Bonchev–Trinajstić information content (AvgIpc) is 3.21. The molecule has 8 nitrogen and oxygen atoms in total. The van der Waals surface area contributed by atoms with Crippen molar-refractivity contribution in [2.75, 3.05) is 32.7 Å². The van der Waals surface area contributed by atoms with Gasteiger partial charge in [-0.2, -0.15) is 18.3 Å². The van der Waals surface area contributed by atoms with Gasteiger partial charge in [0.2, 0.25) is 11.8 Å². The van der Waals surface area contributed by atoms with Crippen LogP contribution in [0.2, 0.25) is 0 Å². The number of alkyl halides is 3. The van der Waals surface area contributed by atoms with Crippen molar-refractivity contribution in [3.63, 3.8) is 0 Å². The molecule has 3 rings (SSSR count). The zero-order valence-electron chi connectivity index (χ0n) is 16.8. The van der Waals surface area contributed by atoms with E-state index in [1.54, 1.807) is 10.2 Å². The van der Waals surface area contributed by atoms with Crippen molar-refractivity contribution in [2.45, 2.75) is 44.7 Å². The summed E-state index contributed by atoms with van der Waals surface area (Å²) in [4.78, 5) is 39.6. The maximum Gasteiger partial charge on any atom is 0.405 e. The summed E-state index contributed by atoms with van der Waals surface area (Å²) < 4.78 is 36.7. The van der Waals surface area contributed by atoms with E-state index < -0.39 is 18.6 Å². The molecule has 0 saturated carbocycles. The molecule has 1 aromatic rings. The molecule has 1 aromatic heterocycles. The van der Waals surface area contributed by atoms with Crippen LogP contribution in [0.4, 0.5) is 13.2 Å². The number of nitrogens with zero attached hydrogens (tertiary/aromatic N) is 3. The van der Waals surface area contributed by atoms with Crippen molar-refractivity contribution >= 4 is 17.7 Å². The number of aromatic nitrogens is 2. The summed E-state index contributed by atoms with van der Waals surface area (Å²) in [6, 6.07) is 1.48. The van der Waals surface area contributed by atoms with E-state index in [-0.39, 0.29) is 29.3 Å². The number of carbonyl (C=O) groups excluding carboxylic acids is 3. The highest BCUT2D eigenvalue weighted by molar-refractivity contribution is 5.92. The van der Waals surface area contributed by atoms with Crippen LogP contribution >= 0.6 is 0 Å². The summed E-state index contributed by atoms with van der Waals surface area (Å²) in [7, 11) is 0. The maximum absolute atomic E-state index is 12.8. The zero-order chi connectivity index (χ0) is 21.9. The largest absolute Gasteiger partial charge is 0.405 e. The summed E-state index contributed by atoms with van der Waals surface area (Å²) >= 11 is 0. The normalized spacial score (nSPS) is 19.1. The van der Waals surface area contributed by atoms with Crippen molar-refractivity contribution in [1.29, 1.82) is 0 Å². The predicted octanol–water partition coefficient (Wildman–Crippen LogP) is 1.67. The van der Waals surface area contributed by atoms with Gasteiger partial charge in [0.15, 0.2) is 0 Å². The van der Waals surface area contributed by atoms with E-state index in [4.69, 9.17) is 0 Å². The number of halogens is 3.